The topological polar surface area (TPSA) is 98.8 Å². The van der Waals surface area contributed by atoms with Gasteiger partial charge in [-0.2, -0.15) is 4.31 Å². The van der Waals surface area contributed by atoms with Crippen molar-refractivity contribution in [2.45, 2.75) is 24.2 Å². The second-order valence-electron chi connectivity index (χ2n) is 6.97. The van der Waals surface area contributed by atoms with Gasteiger partial charge in [-0.15, -0.1) is 11.3 Å². The van der Waals surface area contributed by atoms with Crippen LogP contribution in [0.1, 0.15) is 28.9 Å². The molecule has 2 N–H and O–H groups in total. The molecule has 2 aliphatic heterocycles. The summed E-state index contributed by atoms with van der Waals surface area (Å²) in [5, 5.41) is 7.13. The number of carbonyl (C=O) groups is 2. The number of hydrogen-bond donors (Lipinski definition) is 2. The third-order valence-corrected chi connectivity index (χ3v) is 8.02. The predicted octanol–water partition coefficient (Wildman–Crippen LogP) is 2.70. The van der Waals surface area contributed by atoms with Crippen LogP contribution in [0, 0.1) is 0 Å². The molecule has 0 radical (unpaired) electrons. The summed E-state index contributed by atoms with van der Waals surface area (Å²) in [5.41, 5.74) is 1.17. The summed E-state index contributed by atoms with van der Waals surface area (Å²) in [5.74, 6) is -0.474. The van der Waals surface area contributed by atoms with E-state index < -0.39 is 15.9 Å². The first-order chi connectivity index (χ1) is 14.0. The van der Waals surface area contributed by atoms with Gasteiger partial charge >= 0.3 is 6.03 Å². The average Bonchev–Trinajstić information content (AvgIpc) is 3.38. The number of nitrogens with one attached hydrogen (secondary N) is 2. The maximum Gasteiger partial charge on any atom is 0.321 e. The highest BCUT2D eigenvalue weighted by Crippen LogP contribution is 2.29. The molecule has 2 saturated heterocycles. The van der Waals surface area contributed by atoms with Gasteiger partial charge in [-0.3, -0.25) is 9.69 Å². The van der Waals surface area contributed by atoms with E-state index in [-0.39, 0.29) is 15.8 Å². The molecule has 2 aromatic rings. The maximum absolute atomic E-state index is 13.0. The van der Waals surface area contributed by atoms with E-state index >= 15 is 0 Å². The van der Waals surface area contributed by atoms with Crippen LogP contribution in [0.3, 0.4) is 0 Å². The number of hydrogen-bond acceptors (Lipinski definition) is 5. The lowest BCUT2D eigenvalue weighted by Gasteiger charge is -2.25. The Morgan fingerprint density at radius 3 is 2.62 bits per heavy atom. The van der Waals surface area contributed by atoms with E-state index in [9.17, 15) is 18.0 Å². The highest BCUT2D eigenvalue weighted by atomic mass is 32.2. The van der Waals surface area contributed by atoms with E-state index in [1.807, 2.05) is 0 Å². The molecular formula is C19H22N4O4S2. The van der Waals surface area contributed by atoms with Crippen LogP contribution in [0.25, 0.3) is 0 Å². The van der Waals surface area contributed by atoms with E-state index in [4.69, 9.17) is 0 Å². The van der Waals surface area contributed by atoms with Crippen molar-refractivity contribution in [3.8, 4) is 0 Å². The van der Waals surface area contributed by atoms with Crippen molar-refractivity contribution < 1.29 is 18.0 Å². The SMILES string of the molecule is O=C(Nc1cccc(N2CCNC2=O)c1)c1sccc1S(=O)(=O)N1CCCCC1. The average molecular weight is 435 g/mol. The fraction of sp³-hybridized carbons (Fsp3) is 0.368. The molecule has 2 fully saturated rings. The number of piperidine rings is 1. The van der Waals surface area contributed by atoms with Crippen molar-refractivity contribution >= 4 is 44.7 Å². The highest BCUT2D eigenvalue weighted by Gasteiger charge is 2.31. The number of urea groups is 1. The lowest BCUT2D eigenvalue weighted by atomic mass is 10.2. The summed E-state index contributed by atoms with van der Waals surface area (Å²) >= 11 is 1.11. The quantitative estimate of drug-likeness (QED) is 0.756. The molecule has 1 aromatic heterocycles. The maximum atomic E-state index is 13.0. The zero-order chi connectivity index (χ0) is 20.4. The fourth-order valence-corrected chi connectivity index (χ4v) is 6.38. The van der Waals surface area contributed by atoms with Gasteiger partial charge in [0.1, 0.15) is 9.77 Å². The Balaban J connectivity index is 1.55. The predicted molar refractivity (Wildman–Crippen MR) is 112 cm³/mol. The van der Waals surface area contributed by atoms with E-state index in [1.54, 1.807) is 34.5 Å². The first-order valence-corrected chi connectivity index (χ1v) is 11.8. The number of rotatable bonds is 5. The molecule has 2 aliphatic rings. The number of anilines is 2. The number of nitrogens with zero attached hydrogens (tertiary/aromatic N) is 2. The summed E-state index contributed by atoms with van der Waals surface area (Å²) in [6, 6.07) is 8.27. The minimum Gasteiger partial charge on any atom is -0.336 e. The molecule has 8 nitrogen and oxygen atoms in total. The van der Waals surface area contributed by atoms with Crippen LogP contribution < -0.4 is 15.5 Å². The minimum atomic E-state index is -3.69. The summed E-state index contributed by atoms with van der Waals surface area (Å²) in [6.07, 6.45) is 2.69. The standard InChI is InChI=1S/C19H22N4O4S2/c24-18(21-14-5-4-6-15(13-14)23-11-8-20-19(23)25)17-16(7-12-28-17)29(26,27)22-9-2-1-3-10-22/h4-7,12-13H,1-3,8-11H2,(H,20,25)(H,21,24). The molecule has 0 unspecified atom stereocenters. The third kappa shape index (κ3) is 4.00. The zero-order valence-electron chi connectivity index (χ0n) is 15.8. The molecule has 0 saturated carbocycles. The molecule has 154 valence electrons. The third-order valence-electron chi connectivity index (χ3n) is 5.04. The van der Waals surface area contributed by atoms with Crippen LogP contribution in [-0.4, -0.2) is 50.8 Å². The van der Waals surface area contributed by atoms with Crippen LogP contribution in [0.4, 0.5) is 16.2 Å². The number of benzene rings is 1. The first kappa shape index (κ1) is 19.9. The summed E-state index contributed by atoms with van der Waals surface area (Å²) in [7, 11) is -3.69. The Kier molecular flexibility index (Phi) is 5.57. The van der Waals surface area contributed by atoms with Gasteiger partial charge in [0, 0.05) is 37.6 Å². The van der Waals surface area contributed by atoms with Crippen LogP contribution in [0.2, 0.25) is 0 Å². The summed E-state index contributed by atoms with van der Waals surface area (Å²) < 4.78 is 27.4. The largest absolute Gasteiger partial charge is 0.336 e. The Labute approximate surface area is 173 Å². The van der Waals surface area contributed by atoms with Gasteiger partial charge in [-0.05, 0) is 42.5 Å². The lowest BCUT2D eigenvalue weighted by molar-refractivity contribution is 0.102. The molecule has 4 rings (SSSR count). The van der Waals surface area contributed by atoms with Gasteiger partial charge in [-0.25, -0.2) is 13.2 Å². The van der Waals surface area contributed by atoms with E-state index in [1.165, 1.54) is 10.4 Å². The van der Waals surface area contributed by atoms with Gasteiger partial charge in [0.15, 0.2) is 0 Å². The van der Waals surface area contributed by atoms with E-state index in [0.717, 1.165) is 30.6 Å². The van der Waals surface area contributed by atoms with Gasteiger partial charge in [0.2, 0.25) is 10.0 Å². The fourth-order valence-electron chi connectivity index (χ4n) is 3.57. The normalized spacial score (nSPS) is 17.9. The van der Waals surface area contributed by atoms with E-state index in [0.29, 0.717) is 37.6 Å². The molecule has 10 heteroatoms. The van der Waals surface area contributed by atoms with Crippen molar-refractivity contribution in [3.63, 3.8) is 0 Å². The molecule has 3 amide bonds. The second kappa shape index (κ2) is 8.13. The Morgan fingerprint density at radius 2 is 1.90 bits per heavy atom. The van der Waals surface area contributed by atoms with Crippen molar-refractivity contribution in [1.29, 1.82) is 0 Å². The minimum absolute atomic E-state index is 0.0528. The lowest BCUT2D eigenvalue weighted by Crippen LogP contribution is -2.36. The molecule has 3 heterocycles. The second-order valence-corrected chi connectivity index (χ2v) is 9.79. The smallest absolute Gasteiger partial charge is 0.321 e. The molecular weight excluding hydrogens is 412 g/mol. The number of amides is 3. The van der Waals surface area contributed by atoms with Gasteiger partial charge < -0.3 is 10.6 Å². The van der Waals surface area contributed by atoms with Crippen LogP contribution >= 0.6 is 11.3 Å². The molecule has 1 aromatic carbocycles. The molecule has 0 atom stereocenters. The van der Waals surface area contributed by atoms with Crippen LogP contribution in [0.15, 0.2) is 40.6 Å². The van der Waals surface area contributed by atoms with Crippen molar-refractivity contribution in [2.75, 3.05) is 36.4 Å². The Hall–Kier alpha value is -2.43. The number of carbonyl (C=O) groups excluding carboxylic acids is 2. The molecule has 0 spiro atoms. The molecule has 0 aliphatic carbocycles. The van der Waals surface area contributed by atoms with Gasteiger partial charge in [-0.1, -0.05) is 12.5 Å². The molecule has 0 bridgehead atoms. The number of sulfonamides is 1. The van der Waals surface area contributed by atoms with Crippen molar-refractivity contribution in [1.82, 2.24) is 9.62 Å². The number of thiophene rings is 1. The first-order valence-electron chi connectivity index (χ1n) is 9.51. The summed E-state index contributed by atoms with van der Waals surface area (Å²) in [4.78, 5) is 26.5. The highest BCUT2D eigenvalue weighted by molar-refractivity contribution is 7.89. The van der Waals surface area contributed by atoms with Crippen molar-refractivity contribution in [3.05, 3.63) is 40.6 Å². The van der Waals surface area contributed by atoms with Crippen molar-refractivity contribution in [2.24, 2.45) is 0 Å². The summed E-state index contributed by atoms with van der Waals surface area (Å²) in [6.45, 7) is 2.10. The van der Waals surface area contributed by atoms with Gasteiger partial charge in [0.05, 0.1) is 0 Å². The van der Waals surface area contributed by atoms with E-state index in [2.05, 4.69) is 10.6 Å². The molecule has 29 heavy (non-hydrogen) atoms. The zero-order valence-corrected chi connectivity index (χ0v) is 17.4. The van der Waals surface area contributed by atoms with Crippen LogP contribution in [0.5, 0.6) is 0 Å². The van der Waals surface area contributed by atoms with Gasteiger partial charge in [0.25, 0.3) is 5.91 Å². The Bertz CT molecular complexity index is 1030. The monoisotopic (exact) mass is 434 g/mol. The van der Waals surface area contributed by atoms with Crippen LogP contribution in [-0.2, 0) is 10.0 Å². The Morgan fingerprint density at radius 1 is 1.10 bits per heavy atom.